The number of aryl methyl sites for hydroxylation is 1. The molecule has 0 unspecified atom stereocenters. The van der Waals surface area contributed by atoms with Crippen molar-refractivity contribution in [2.75, 3.05) is 5.88 Å². The number of aromatic nitrogens is 2. The Bertz CT molecular complexity index is 536. The average molecular weight is 277 g/mol. The second-order valence-electron chi connectivity index (χ2n) is 3.55. The van der Waals surface area contributed by atoms with Gasteiger partial charge in [0.1, 0.15) is 0 Å². The van der Waals surface area contributed by atoms with Crippen molar-refractivity contribution in [2.45, 2.75) is 12.8 Å². The van der Waals surface area contributed by atoms with Gasteiger partial charge in [0.15, 0.2) is 17.5 Å². The van der Waals surface area contributed by atoms with Crippen LogP contribution in [0.4, 0.5) is 13.2 Å². The van der Waals surface area contributed by atoms with Gasteiger partial charge in [-0.15, -0.1) is 21.8 Å². The minimum absolute atomic E-state index is 0.00368. The number of rotatable bonds is 4. The van der Waals surface area contributed by atoms with Crippen molar-refractivity contribution in [3.05, 3.63) is 35.5 Å². The summed E-state index contributed by atoms with van der Waals surface area (Å²) in [6.07, 6.45) is 1.12. The summed E-state index contributed by atoms with van der Waals surface area (Å²) in [6, 6.07) is 1.61. The molecule has 0 radical (unpaired) electrons. The number of hydrogen-bond acceptors (Lipinski definition) is 3. The van der Waals surface area contributed by atoms with E-state index < -0.39 is 17.5 Å². The van der Waals surface area contributed by atoms with Crippen LogP contribution in [0.2, 0.25) is 0 Å². The SMILES string of the molecule is Fc1cc(-c2nnc(CCCCl)o2)cc(F)c1F. The second-order valence-corrected chi connectivity index (χ2v) is 3.93. The first-order valence-corrected chi connectivity index (χ1v) is 5.68. The van der Waals surface area contributed by atoms with Gasteiger partial charge in [-0.3, -0.25) is 0 Å². The van der Waals surface area contributed by atoms with Crippen molar-refractivity contribution in [2.24, 2.45) is 0 Å². The highest BCUT2D eigenvalue weighted by Gasteiger charge is 2.15. The summed E-state index contributed by atoms with van der Waals surface area (Å²) in [5, 5.41) is 7.33. The van der Waals surface area contributed by atoms with Gasteiger partial charge >= 0.3 is 0 Å². The fraction of sp³-hybridized carbons (Fsp3) is 0.273. The van der Waals surface area contributed by atoms with Crippen molar-refractivity contribution in [3.63, 3.8) is 0 Å². The summed E-state index contributed by atoms with van der Waals surface area (Å²) in [4.78, 5) is 0. The van der Waals surface area contributed by atoms with Crippen LogP contribution in [0.15, 0.2) is 16.5 Å². The predicted molar refractivity (Wildman–Crippen MR) is 58.6 cm³/mol. The summed E-state index contributed by atoms with van der Waals surface area (Å²) in [6.45, 7) is 0. The van der Waals surface area contributed by atoms with E-state index in [1.807, 2.05) is 0 Å². The van der Waals surface area contributed by atoms with Gasteiger partial charge in [0.05, 0.1) is 0 Å². The van der Waals surface area contributed by atoms with E-state index in [1.165, 1.54) is 0 Å². The average Bonchev–Trinajstić information content (AvgIpc) is 2.81. The van der Waals surface area contributed by atoms with Crippen LogP contribution < -0.4 is 0 Å². The Labute approximate surface area is 106 Å². The van der Waals surface area contributed by atoms with E-state index in [2.05, 4.69) is 10.2 Å². The molecule has 0 aliphatic heterocycles. The van der Waals surface area contributed by atoms with Crippen LogP contribution in [0.5, 0.6) is 0 Å². The van der Waals surface area contributed by atoms with E-state index in [-0.39, 0.29) is 11.5 Å². The van der Waals surface area contributed by atoms with Crippen LogP contribution in [0, 0.1) is 17.5 Å². The van der Waals surface area contributed by atoms with Gasteiger partial charge in [-0.05, 0) is 18.6 Å². The first-order valence-electron chi connectivity index (χ1n) is 5.15. The van der Waals surface area contributed by atoms with Crippen molar-refractivity contribution in [1.82, 2.24) is 10.2 Å². The van der Waals surface area contributed by atoms with Gasteiger partial charge in [-0.2, -0.15) is 0 Å². The fourth-order valence-corrected chi connectivity index (χ4v) is 1.50. The molecule has 0 saturated carbocycles. The van der Waals surface area contributed by atoms with E-state index >= 15 is 0 Å². The third kappa shape index (κ3) is 2.64. The summed E-state index contributed by atoms with van der Waals surface area (Å²) in [5.74, 6) is -3.43. The van der Waals surface area contributed by atoms with Crippen LogP contribution >= 0.6 is 11.6 Å². The minimum atomic E-state index is -1.53. The summed E-state index contributed by atoms with van der Waals surface area (Å²) < 4.78 is 44.0. The Hall–Kier alpha value is -1.56. The molecule has 2 rings (SSSR count). The standard InChI is InChI=1S/C11H8ClF3N2O/c12-3-1-2-9-16-17-11(18-9)6-4-7(13)10(15)8(14)5-6/h4-5H,1-3H2. The molecule has 3 nitrogen and oxygen atoms in total. The first-order chi connectivity index (χ1) is 8.61. The largest absolute Gasteiger partial charge is 0.421 e. The maximum Gasteiger partial charge on any atom is 0.247 e. The van der Waals surface area contributed by atoms with Gasteiger partial charge in [-0.25, -0.2) is 13.2 Å². The second kappa shape index (κ2) is 5.39. The van der Waals surface area contributed by atoms with Crippen molar-refractivity contribution < 1.29 is 17.6 Å². The first kappa shape index (κ1) is 12.9. The maximum absolute atomic E-state index is 13.0. The van der Waals surface area contributed by atoms with E-state index in [0.717, 1.165) is 12.1 Å². The van der Waals surface area contributed by atoms with Crippen LogP contribution in [0.3, 0.4) is 0 Å². The normalized spacial score (nSPS) is 10.9. The van der Waals surface area contributed by atoms with Crippen LogP contribution in [-0.2, 0) is 6.42 Å². The molecule has 96 valence electrons. The van der Waals surface area contributed by atoms with E-state index in [1.54, 1.807) is 0 Å². The van der Waals surface area contributed by atoms with Crippen LogP contribution in [0.25, 0.3) is 11.5 Å². The Morgan fingerprint density at radius 3 is 2.39 bits per heavy atom. The molecule has 0 saturated heterocycles. The molecule has 0 amide bonds. The topological polar surface area (TPSA) is 38.9 Å². The van der Waals surface area contributed by atoms with Crippen LogP contribution in [-0.4, -0.2) is 16.1 Å². The molecule has 0 aliphatic rings. The predicted octanol–water partition coefficient (Wildman–Crippen LogP) is 3.33. The minimum Gasteiger partial charge on any atom is -0.421 e. The van der Waals surface area contributed by atoms with Crippen molar-refractivity contribution in [1.29, 1.82) is 0 Å². The zero-order chi connectivity index (χ0) is 13.1. The Balaban J connectivity index is 2.28. The lowest BCUT2D eigenvalue weighted by atomic mass is 10.2. The third-order valence-electron chi connectivity index (χ3n) is 2.22. The highest BCUT2D eigenvalue weighted by atomic mass is 35.5. The van der Waals surface area contributed by atoms with E-state index in [4.69, 9.17) is 16.0 Å². The van der Waals surface area contributed by atoms with Crippen molar-refractivity contribution in [3.8, 4) is 11.5 Å². The lowest BCUT2D eigenvalue weighted by Crippen LogP contribution is -1.91. The third-order valence-corrected chi connectivity index (χ3v) is 2.49. The smallest absolute Gasteiger partial charge is 0.247 e. The van der Waals surface area contributed by atoms with Gasteiger partial charge in [-0.1, -0.05) is 0 Å². The van der Waals surface area contributed by atoms with Gasteiger partial charge in [0.2, 0.25) is 11.8 Å². The molecule has 7 heteroatoms. The molecule has 1 heterocycles. The molecule has 1 aromatic carbocycles. The number of hydrogen-bond donors (Lipinski definition) is 0. The van der Waals surface area contributed by atoms with Crippen LogP contribution in [0.1, 0.15) is 12.3 Å². The summed E-state index contributed by atoms with van der Waals surface area (Å²) in [7, 11) is 0. The van der Waals surface area contributed by atoms with Gasteiger partial charge in [0.25, 0.3) is 0 Å². The van der Waals surface area contributed by atoms with Gasteiger partial charge < -0.3 is 4.42 Å². The highest BCUT2D eigenvalue weighted by molar-refractivity contribution is 6.17. The molecule has 0 N–H and O–H groups in total. The number of benzene rings is 1. The Morgan fingerprint density at radius 1 is 1.11 bits per heavy atom. The lowest BCUT2D eigenvalue weighted by Gasteiger charge is -1.98. The molecule has 0 spiro atoms. The molecular weight excluding hydrogens is 269 g/mol. The molecular formula is C11H8ClF3N2O. The number of alkyl halides is 1. The molecule has 2 aromatic rings. The summed E-state index contributed by atoms with van der Waals surface area (Å²) in [5.41, 5.74) is -0.00368. The zero-order valence-electron chi connectivity index (χ0n) is 9.09. The lowest BCUT2D eigenvalue weighted by molar-refractivity contribution is 0.446. The fourth-order valence-electron chi connectivity index (χ4n) is 1.37. The number of nitrogens with zero attached hydrogens (tertiary/aromatic N) is 2. The monoisotopic (exact) mass is 276 g/mol. The molecule has 0 fully saturated rings. The molecule has 0 aliphatic carbocycles. The molecule has 1 aromatic heterocycles. The van der Waals surface area contributed by atoms with Crippen molar-refractivity contribution >= 4 is 11.6 Å². The molecule has 18 heavy (non-hydrogen) atoms. The maximum atomic E-state index is 13.0. The zero-order valence-corrected chi connectivity index (χ0v) is 9.85. The number of halogens is 4. The molecule has 0 bridgehead atoms. The van der Waals surface area contributed by atoms with Gasteiger partial charge in [0, 0.05) is 17.9 Å². The Morgan fingerprint density at radius 2 is 1.78 bits per heavy atom. The molecule has 0 atom stereocenters. The van der Waals surface area contributed by atoms with E-state index in [9.17, 15) is 13.2 Å². The highest BCUT2D eigenvalue weighted by Crippen LogP contribution is 2.22. The van der Waals surface area contributed by atoms with E-state index in [0.29, 0.717) is 24.6 Å². The quantitative estimate of drug-likeness (QED) is 0.635. The summed E-state index contributed by atoms with van der Waals surface area (Å²) >= 11 is 5.50. The Kier molecular flexibility index (Phi) is 3.86.